The van der Waals surface area contributed by atoms with E-state index in [0.29, 0.717) is 24.0 Å². The van der Waals surface area contributed by atoms with Crippen molar-refractivity contribution in [1.29, 1.82) is 0 Å². The Morgan fingerprint density at radius 2 is 2.24 bits per heavy atom. The summed E-state index contributed by atoms with van der Waals surface area (Å²) >= 11 is 0. The summed E-state index contributed by atoms with van der Waals surface area (Å²) < 4.78 is 23.4. The van der Waals surface area contributed by atoms with Gasteiger partial charge in [-0.15, -0.1) is 10.2 Å². The number of benzene rings is 1. The molecule has 17 heavy (non-hydrogen) atoms. The first-order valence-corrected chi connectivity index (χ1v) is 5.05. The van der Waals surface area contributed by atoms with Crippen molar-refractivity contribution in [3.63, 3.8) is 0 Å². The van der Waals surface area contributed by atoms with E-state index >= 15 is 0 Å². The van der Waals surface area contributed by atoms with Gasteiger partial charge in [0.1, 0.15) is 0 Å². The van der Waals surface area contributed by atoms with Gasteiger partial charge >= 0.3 is 0 Å². The second-order valence-corrected chi connectivity index (χ2v) is 3.42. The Balaban J connectivity index is 2.02. The third kappa shape index (κ3) is 2.72. The molecule has 0 aliphatic carbocycles. The van der Waals surface area contributed by atoms with Crippen LogP contribution in [-0.4, -0.2) is 17.3 Å². The lowest BCUT2D eigenvalue weighted by Gasteiger charge is -2.06. The van der Waals surface area contributed by atoms with E-state index in [4.69, 9.17) is 9.15 Å². The number of hydrogen-bond donors (Lipinski definition) is 1. The molecular weight excluding hydrogens is 225 g/mol. The van der Waals surface area contributed by atoms with E-state index in [1.807, 2.05) is 0 Å². The highest BCUT2D eigenvalue weighted by Crippen LogP contribution is 2.20. The minimum Gasteiger partial charge on any atom is -0.494 e. The highest BCUT2D eigenvalue weighted by molar-refractivity contribution is 5.47. The van der Waals surface area contributed by atoms with Crippen LogP contribution in [0.4, 0.5) is 10.1 Å². The first-order valence-electron chi connectivity index (χ1n) is 5.05. The number of aromatic nitrogens is 2. The van der Waals surface area contributed by atoms with Crippen LogP contribution in [0.15, 0.2) is 22.6 Å². The molecule has 6 heteroatoms. The molecule has 1 aromatic carbocycles. The molecule has 0 amide bonds. The smallest absolute Gasteiger partial charge is 0.235 e. The minimum atomic E-state index is -0.417. The topological polar surface area (TPSA) is 60.2 Å². The molecule has 0 atom stereocenters. The number of methoxy groups -OCH3 is 1. The minimum absolute atomic E-state index is 0.212. The van der Waals surface area contributed by atoms with Crippen LogP contribution in [0, 0.1) is 12.7 Å². The van der Waals surface area contributed by atoms with Gasteiger partial charge in [0, 0.05) is 18.7 Å². The molecule has 0 fully saturated rings. The molecule has 0 spiro atoms. The third-order valence-corrected chi connectivity index (χ3v) is 2.16. The largest absolute Gasteiger partial charge is 0.494 e. The van der Waals surface area contributed by atoms with E-state index in [9.17, 15) is 4.39 Å². The van der Waals surface area contributed by atoms with Crippen LogP contribution in [0.5, 0.6) is 5.75 Å². The Hall–Kier alpha value is -2.11. The molecule has 1 heterocycles. The molecule has 0 aliphatic heterocycles. The number of halogens is 1. The van der Waals surface area contributed by atoms with Gasteiger partial charge in [-0.3, -0.25) is 0 Å². The normalized spacial score (nSPS) is 10.3. The summed E-state index contributed by atoms with van der Waals surface area (Å²) in [6, 6.07) is 4.62. The summed E-state index contributed by atoms with van der Waals surface area (Å²) in [4.78, 5) is 0. The molecule has 2 rings (SSSR count). The summed E-state index contributed by atoms with van der Waals surface area (Å²) in [5, 5.41) is 10.5. The lowest BCUT2D eigenvalue weighted by atomic mass is 10.3. The van der Waals surface area contributed by atoms with Gasteiger partial charge in [0.25, 0.3) is 0 Å². The number of rotatable bonds is 4. The molecule has 0 radical (unpaired) electrons. The monoisotopic (exact) mass is 237 g/mol. The third-order valence-electron chi connectivity index (χ3n) is 2.16. The van der Waals surface area contributed by atoms with Crippen LogP contribution in [0.3, 0.4) is 0 Å². The fraction of sp³-hybridized carbons (Fsp3) is 0.273. The molecule has 0 bridgehead atoms. The van der Waals surface area contributed by atoms with Gasteiger partial charge in [0.15, 0.2) is 11.6 Å². The maximum Gasteiger partial charge on any atom is 0.235 e. The molecule has 0 saturated carbocycles. The van der Waals surface area contributed by atoms with Gasteiger partial charge in [0.2, 0.25) is 11.8 Å². The summed E-state index contributed by atoms with van der Waals surface area (Å²) in [5.74, 6) is 0.754. The van der Waals surface area contributed by atoms with E-state index in [0.717, 1.165) is 0 Å². The molecule has 1 N–H and O–H groups in total. The van der Waals surface area contributed by atoms with Crippen LogP contribution in [0.25, 0.3) is 0 Å². The second kappa shape index (κ2) is 4.82. The van der Waals surface area contributed by atoms with E-state index in [2.05, 4.69) is 15.5 Å². The summed E-state index contributed by atoms with van der Waals surface area (Å²) in [7, 11) is 1.42. The van der Waals surface area contributed by atoms with Gasteiger partial charge < -0.3 is 14.5 Å². The molecular formula is C11H12FN3O2. The average molecular weight is 237 g/mol. The summed E-state index contributed by atoms with van der Waals surface area (Å²) in [6.07, 6.45) is 0. The zero-order valence-electron chi connectivity index (χ0n) is 9.53. The van der Waals surface area contributed by atoms with Crippen LogP contribution < -0.4 is 10.1 Å². The number of hydrogen-bond acceptors (Lipinski definition) is 5. The highest BCUT2D eigenvalue weighted by atomic mass is 19.1. The summed E-state index contributed by atoms with van der Waals surface area (Å²) in [6.45, 7) is 2.07. The number of nitrogens with zero attached hydrogens (tertiary/aromatic N) is 2. The first kappa shape index (κ1) is 11.4. The first-order chi connectivity index (χ1) is 8.19. The van der Waals surface area contributed by atoms with E-state index in [-0.39, 0.29) is 5.75 Å². The fourth-order valence-corrected chi connectivity index (χ4v) is 1.36. The van der Waals surface area contributed by atoms with Gasteiger partial charge in [-0.25, -0.2) is 4.39 Å². The average Bonchev–Trinajstić information content (AvgIpc) is 2.73. The van der Waals surface area contributed by atoms with Gasteiger partial charge in [-0.05, 0) is 12.1 Å². The van der Waals surface area contributed by atoms with E-state index in [1.165, 1.54) is 13.2 Å². The standard InChI is InChI=1S/C11H12FN3O2/c1-7-14-15-11(17-7)6-13-8-3-4-10(16-2)9(12)5-8/h3-5,13H,6H2,1-2H3. The zero-order valence-corrected chi connectivity index (χ0v) is 9.53. The number of anilines is 1. The van der Waals surface area contributed by atoms with Crippen LogP contribution >= 0.6 is 0 Å². The van der Waals surface area contributed by atoms with E-state index < -0.39 is 5.82 Å². The molecule has 0 aliphatic rings. The van der Waals surface area contributed by atoms with Crippen molar-refractivity contribution in [2.75, 3.05) is 12.4 Å². The number of nitrogens with one attached hydrogen (secondary N) is 1. The maximum absolute atomic E-state index is 13.4. The highest BCUT2D eigenvalue weighted by Gasteiger charge is 2.05. The van der Waals surface area contributed by atoms with Crippen LogP contribution in [0.1, 0.15) is 11.8 Å². The second-order valence-electron chi connectivity index (χ2n) is 3.42. The molecule has 1 aromatic heterocycles. The zero-order chi connectivity index (χ0) is 12.3. The predicted molar refractivity (Wildman–Crippen MR) is 59.3 cm³/mol. The van der Waals surface area contributed by atoms with E-state index in [1.54, 1.807) is 19.1 Å². The quantitative estimate of drug-likeness (QED) is 0.882. The Morgan fingerprint density at radius 1 is 1.41 bits per heavy atom. The molecule has 0 saturated heterocycles. The predicted octanol–water partition coefficient (Wildman–Crippen LogP) is 2.14. The van der Waals surface area contributed by atoms with Crippen LogP contribution in [0.2, 0.25) is 0 Å². The molecule has 2 aromatic rings. The van der Waals surface area contributed by atoms with Crippen molar-refractivity contribution in [1.82, 2.24) is 10.2 Å². The Morgan fingerprint density at radius 3 is 2.82 bits per heavy atom. The maximum atomic E-state index is 13.4. The SMILES string of the molecule is COc1ccc(NCc2nnc(C)o2)cc1F. The van der Waals surface area contributed by atoms with Gasteiger partial charge in [-0.2, -0.15) is 0 Å². The van der Waals surface area contributed by atoms with Crippen molar-refractivity contribution in [3.05, 3.63) is 35.8 Å². The summed E-state index contributed by atoms with van der Waals surface area (Å²) in [5.41, 5.74) is 0.624. The Labute approximate surface area is 97.6 Å². The van der Waals surface area contributed by atoms with Gasteiger partial charge in [0.05, 0.1) is 13.7 Å². The molecule has 0 unspecified atom stereocenters. The Bertz CT molecular complexity index is 513. The Kier molecular flexibility index (Phi) is 3.22. The van der Waals surface area contributed by atoms with Crippen molar-refractivity contribution in [2.45, 2.75) is 13.5 Å². The fourth-order valence-electron chi connectivity index (χ4n) is 1.36. The number of aryl methyl sites for hydroxylation is 1. The van der Waals surface area contributed by atoms with Crippen LogP contribution in [-0.2, 0) is 6.54 Å². The van der Waals surface area contributed by atoms with Crippen molar-refractivity contribution < 1.29 is 13.5 Å². The number of ether oxygens (including phenoxy) is 1. The lowest BCUT2D eigenvalue weighted by molar-refractivity contribution is 0.386. The molecule has 90 valence electrons. The van der Waals surface area contributed by atoms with Crippen molar-refractivity contribution in [2.24, 2.45) is 0 Å². The lowest BCUT2D eigenvalue weighted by Crippen LogP contribution is -2.00. The van der Waals surface area contributed by atoms with Gasteiger partial charge in [-0.1, -0.05) is 0 Å². The van der Waals surface area contributed by atoms with Crippen molar-refractivity contribution in [3.8, 4) is 5.75 Å². The molecule has 5 nitrogen and oxygen atoms in total. The van der Waals surface area contributed by atoms with Crippen molar-refractivity contribution >= 4 is 5.69 Å².